The normalized spacial score (nSPS) is 14.5. The minimum absolute atomic E-state index is 0.157. The van der Waals surface area contributed by atoms with Gasteiger partial charge >= 0.3 is 5.97 Å². The van der Waals surface area contributed by atoms with Crippen molar-refractivity contribution >= 4 is 17.7 Å². The summed E-state index contributed by atoms with van der Waals surface area (Å²) in [6, 6.07) is 3.40. The summed E-state index contributed by atoms with van der Waals surface area (Å²) in [4.78, 5) is 31.2. The number of unbranched alkanes of at least 4 members (excludes halogenated alkanes) is 1. The molecule has 0 saturated carbocycles. The Bertz CT molecular complexity index is 805. The van der Waals surface area contributed by atoms with Gasteiger partial charge in [-0.15, -0.1) is 0 Å². The lowest BCUT2D eigenvalue weighted by molar-refractivity contribution is -0.142. The standard InChI is InChI=1S/C27H46N4O4/c1-5-20(6-2)25(32)30-23(26(33)34)14-18-31(19-15-27(3,4)35)17-8-7-11-22-13-12-21-10-9-16-28-24(21)29-22/h12-13,20,23,35H,5-11,14-19H2,1-4H3,(H,28,29)(H,30,32)(H,33,34)/t23-/m0/s1. The molecule has 0 aliphatic carbocycles. The van der Waals surface area contributed by atoms with Crippen LogP contribution in [0.25, 0.3) is 0 Å². The van der Waals surface area contributed by atoms with Crippen LogP contribution in [0, 0.1) is 5.92 Å². The average molecular weight is 491 g/mol. The number of anilines is 1. The van der Waals surface area contributed by atoms with E-state index in [9.17, 15) is 19.8 Å². The molecule has 0 bridgehead atoms. The molecule has 1 aromatic heterocycles. The van der Waals surface area contributed by atoms with E-state index in [0.29, 0.717) is 38.8 Å². The molecule has 0 fully saturated rings. The number of hydrogen-bond donors (Lipinski definition) is 4. The molecule has 0 unspecified atom stereocenters. The van der Waals surface area contributed by atoms with Gasteiger partial charge in [-0.2, -0.15) is 0 Å². The number of rotatable bonds is 16. The highest BCUT2D eigenvalue weighted by Crippen LogP contribution is 2.20. The summed E-state index contributed by atoms with van der Waals surface area (Å²) >= 11 is 0. The molecule has 35 heavy (non-hydrogen) atoms. The predicted molar refractivity (Wildman–Crippen MR) is 140 cm³/mol. The zero-order chi connectivity index (χ0) is 25.8. The zero-order valence-electron chi connectivity index (χ0n) is 22.1. The van der Waals surface area contributed by atoms with E-state index in [0.717, 1.165) is 56.7 Å². The molecular formula is C27H46N4O4. The van der Waals surface area contributed by atoms with Crippen LogP contribution in [0.15, 0.2) is 12.1 Å². The molecule has 8 heteroatoms. The number of carbonyl (C=O) groups excluding carboxylic acids is 1. The molecule has 1 aliphatic heterocycles. The van der Waals surface area contributed by atoms with E-state index >= 15 is 0 Å². The third-order valence-electron chi connectivity index (χ3n) is 6.85. The van der Waals surface area contributed by atoms with Gasteiger partial charge in [0.1, 0.15) is 11.9 Å². The zero-order valence-corrected chi connectivity index (χ0v) is 22.1. The number of aliphatic carboxylic acids is 1. The Morgan fingerprint density at radius 1 is 1.17 bits per heavy atom. The molecule has 1 atom stereocenters. The van der Waals surface area contributed by atoms with Gasteiger partial charge in [0.2, 0.25) is 5.91 Å². The van der Waals surface area contributed by atoms with Gasteiger partial charge in [0, 0.05) is 31.2 Å². The number of hydrogen-bond acceptors (Lipinski definition) is 6. The molecule has 8 nitrogen and oxygen atoms in total. The highest BCUT2D eigenvalue weighted by Gasteiger charge is 2.24. The Morgan fingerprint density at radius 3 is 2.57 bits per heavy atom. The predicted octanol–water partition coefficient (Wildman–Crippen LogP) is 3.62. The molecule has 2 rings (SSSR count). The second-order valence-corrected chi connectivity index (χ2v) is 10.4. The lowest BCUT2D eigenvalue weighted by atomic mass is 10.0. The van der Waals surface area contributed by atoms with Crippen LogP contribution in [-0.4, -0.2) is 69.8 Å². The number of nitrogens with one attached hydrogen (secondary N) is 2. The fraction of sp³-hybridized carbons (Fsp3) is 0.741. The third-order valence-corrected chi connectivity index (χ3v) is 6.85. The van der Waals surface area contributed by atoms with Crippen molar-refractivity contribution in [3.8, 4) is 0 Å². The molecule has 1 aliphatic rings. The van der Waals surface area contributed by atoms with E-state index in [1.54, 1.807) is 13.8 Å². The molecule has 4 N–H and O–H groups in total. The number of nitrogens with zero attached hydrogens (tertiary/aromatic N) is 2. The van der Waals surface area contributed by atoms with E-state index in [1.165, 1.54) is 5.56 Å². The van der Waals surface area contributed by atoms with Gasteiger partial charge in [0.15, 0.2) is 0 Å². The number of carbonyl (C=O) groups is 2. The Morgan fingerprint density at radius 2 is 1.91 bits per heavy atom. The molecule has 0 saturated heterocycles. The van der Waals surface area contributed by atoms with Crippen molar-refractivity contribution in [3.63, 3.8) is 0 Å². The fourth-order valence-electron chi connectivity index (χ4n) is 4.43. The first kappa shape index (κ1) is 29.0. The molecule has 0 spiro atoms. The summed E-state index contributed by atoms with van der Waals surface area (Å²) in [5, 5.41) is 26.0. The van der Waals surface area contributed by atoms with Crippen LogP contribution in [0.1, 0.15) is 83.9 Å². The van der Waals surface area contributed by atoms with E-state index in [1.807, 2.05) is 13.8 Å². The SMILES string of the molecule is CCC(CC)C(=O)N[C@@H](CCN(CCCCc1ccc2c(n1)NCCC2)CCC(C)(C)O)C(=O)O. The molecule has 1 aromatic rings. The number of carboxylic acids is 1. The van der Waals surface area contributed by atoms with E-state index in [4.69, 9.17) is 4.98 Å². The Labute approximate surface area is 210 Å². The maximum absolute atomic E-state index is 12.4. The maximum Gasteiger partial charge on any atom is 0.326 e. The summed E-state index contributed by atoms with van der Waals surface area (Å²) in [6.45, 7) is 10.5. The number of pyridine rings is 1. The van der Waals surface area contributed by atoms with Gasteiger partial charge in [0.05, 0.1) is 5.60 Å². The number of carboxylic acid groups (broad SMARTS) is 1. The van der Waals surface area contributed by atoms with Gasteiger partial charge in [-0.3, -0.25) is 4.79 Å². The Kier molecular flexibility index (Phi) is 11.9. The van der Waals surface area contributed by atoms with Gasteiger partial charge in [-0.25, -0.2) is 9.78 Å². The summed E-state index contributed by atoms with van der Waals surface area (Å²) in [5.74, 6) is -0.317. The van der Waals surface area contributed by atoms with Crippen LogP contribution in [-0.2, 0) is 22.4 Å². The molecule has 198 valence electrons. The number of aliphatic hydroxyl groups is 1. The summed E-state index contributed by atoms with van der Waals surface area (Å²) in [5.41, 5.74) is 1.60. The molecular weight excluding hydrogens is 444 g/mol. The highest BCUT2D eigenvalue weighted by molar-refractivity contribution is 5.84. The summed E-state index contributed by atoms with van der Waals surface area (Å²) < 4.78 is 0. The van der Waals surface area contributed by atoms with Crippen molar-refractivity contribution in [2.45, 2.75) is 97.1 Å². The van der Waals surface area contributed by atoms with E-state index in [2.05, 4.69) is 27.7 Å². The van der Waals surface area contributed by atoms with E-state index in [-0.39, 0.29) is 11.8 Å². The summed E-state index contributed by atoms with van der Waals surface area (Å²) in [6.07, 6.45) is 7.41. The number of amides is 1. The quantitative estimate of drug-likeness (QED) is 0.262. The Hall–Kier alpha value is -2.19. The first-order chi connectivity index (χ1) is 16.6. The van der Waals surface area contributed by atoms with Crippen molar-refractivity contribution in [2.24, 2.45) is 5.92 Å². The Balaban J connectivity index is 1.88. The molecule has 1 amide bonds. The van der Waals surface area contributed by atoms with Gasteiger partial charge in [-0.1, -0.05) is 19.9 Å². The van der Waals surface area contributed by atoms with Crippen LogP contribution in [0.4, 0.5) is 5.82 Å². The van der Waals surface area contributed by atoms with Crippen molar-refractivity contribution in [2.75, 3.05) is 31.5 Å². The number of fused-ring (bicyclic) bond motifs is 1. The van der Waals surface area contributed by atoms with Crippen LogP contribution in [0.2, 0.25) is 0 Å². The average Bonchev–Trinajstić information content (AvgIpc) is 2.81. The molecule has 0 radical (unpaired) electrons. The second kappa shape index (κ2) is 14.4. The van der Waals surface area contributed by atoms with Crippen molar-refractivity contribution in [1.29, 1.82) is 0 Å². The minimum atomic E-state index is -1.00. The topological polar surface area (TPSA) is 115 Å². The number of aromatic nitrogens is 1. The number of aryl methyl sites for hydroxylation is 2. The monoisotopic (exact) mass is 490 g/mol. The second-order valence-electron chi connectivity index (χ2n) is 10.4. The lowest BCUT2D eigenvalue weighted by Crippen LogP contribution is -2.45. The third kappa shape index (κ3) is 10.5. The molecule has 0 aromatic carbocycles. The van der Waals surface area contributed by atoms with Crippen LogP contribution >= 0.6 is 0 Å². The van der Waals surface area contributed by atoms with Crippen molar-refractivity contribution in [3.05, 3.63) is 23.4 Å². The van der Waals surface area contributed by atoms with Crippen molar-refractivity contribution in [1.82, 2.24) is 15.2 Å². The van der Waals surface area contributed by atoms with Gasteiger partial charge in [-0.05, 0) is 89.8 Å². The minimum Gasteiger partial charge on any atom is -0.480 e. The van der Waals surface area contributed by atoms with Crippen LogP contribution in [0.3, 0.4) is 0 Å². The largest absolute Gasteiger partial charge is 0.480 e. The van der Waals surface area contributed by atoms with Crippen LogP contribution in [0.5, 0.6) is 0 Å². The first-order valence-electron chi connectivity index (χ1n) is 13.3. The lowest BCUT2D eigenvalue weighted by Gasteiger charge is -2.27. The smallest absolute Gasteiger partial charge is 0.326 e. The van der Waals surface area contributed by atoms with Gasteiger partial charge < -0.3 is 25.7 Å². The van der Waals surface area contributed by atoms with Gasteiger partial charge in [0.25, 0.3) is 0 Å². The van der Waals surface area contributed by atoms with Crippen LogP contribution < -0.4 is 10.6 Å². The van der Waals surface area contributed by atoms with Crippen molar-refractivity contribution < 1.29 is 19.8 Å². The first-order valence-corrected chi connectivity index (χ1v) is 13.3. The fourth-order valence-corrected chi connectivity index (χ4v) is 4.43. The maximum atomic E-state index is 12.4. The highest BCUT2D eigenvalue weighted by atomic mass is 16.4. The van der Waals surface area contributed by atoms with E-state index < -0.39 is 17.6 Å². The summed E-state index contributed by atoms with van der Waals surface area (Å²) in [7, 11) is 0. The molecule has 2 heterocycles.